The van der Waals surface area contributed by atoms with Crippen LogP contribution in [0.5, 0.6) is 0 Å². The third kappa shape index (κ3) is 4.02. The summed E-state index contributed by atoms with van der Waals surface area (Å²) in [5, 5.41) is 17.5. The van der Waals surface area contributed by atoms with Crippen molar-refractivity contribution in [3.05, 3.63) is 53.5 Å². The maximum absolute atomic E-state index is 13.3. The van der Waals surface area contributed by atoms with Gasteiger partial charge in [0.15, 0.2) is 5.65 Å². The summed E-state index contributed by atoms with van der Waals surface area (Å²) in [5.74, 6) is -0.198. The number of aliphatic hydroxyl groups is 1. The van der Waals surface area contributed by atoms with Crippen molar-refractivity contribution < 1.29 is 19.4 Å². The van der Waals surface area contributed by atoms with Crippen LogP contribution in [0.3, 0.4) is 0 Å². The van der Waals surface area contributed by atoms with Crippen LogP contribution >= 0.6 is 0 Å². The molecule has 2 fully saturated rings. The summed E-state index contributed by atoms with van der Waals surface area (Å²) >= 11 is 0. The molecule has 4 heterocycles. The van der Waals surface area contributed by atoms with Crippen LogP contribution in [0, 0.1) is 5.92 Å². The zero-order valence-electron chi connectivity index (χ0n) is 19.4. The van der Waals surface area contributed by atoms with Gasteiger partial charge in [-0.3, -0.25) is 9.59 Å². The maximum Gasteiger partial charge on any atom is 0.261 e. The molecule has 182 valence electrons. The summed E-state index contributed by atoms with van der Waals surface area (Å²) in [6, 6.07) is 5.57. The Balaban J connectivity index is 1.32. The van der Waals surface area contributed by atoms with Crippen LogP contribution in [0.25, 0.3) is 5.65 Å². The summed E-state index contributed by atoms with van der Waals surface area (Å²) in [5.41, 5.74) is 3.87. The highest BCUT2D eigenvalue weighted by molar-refractivity contribution is 6.10. The van der Waals surface area contributed by atoms with E-state index in [9.17, 15) is 14.7 Å². The Morgan fingerprint density at radius 1 is 1.23 bits per heavy atom. The Labute approximate surface area is 202 Å². The number of fused-ring (bicyclic) bond motifs is 2. The van der Waals surface area contributed by atoms with Crippen LogP contribution in [0.4, 0.5) is 11.4 Å². The number of anilines is 2. The second-order valence-electron chi connectivity index (χ2n) is 9.47. The molecule has 6 rings (SSSR count). The lowest BCUT2D eigenvalue weighted by Gasteiger charge is -2.31. The van der Waals surface area contributed by atoms with Gasteiger partial charge in [-0.2, -0.15) is 5.10 Å². The van der Waals surface area contributed by atoms with E-state index in [4.69, 9.17) is 4.74 Å². The van der Waals surface area contributed by atoms with Crippen LogP contribution in [0.1, 0.15) is 45.5 Å². The smallest absolute Gasteiger partial charge is 0.261 e. The van der Waals surface area contributed by atoms with Gasteiger partial charge in [-0.05, 0) is 36.6 Å². The molecule has 0 spiro atoms. The van der Waals surface area contributed by atoms with Crippen LogP contribution in [0.15, 0.2) is 36.8 Å². The van der Waals surface area contributed by atoms with E-state index in [-0.39, 0.29) is 23.8 Å². The first-order valence-electron chi connectivity index (χ1n) is 12.1. The number of nitrogens with one attached hydrogen (secondary N) is 1. The minimum atomic E-state index is -0.343. The fraction of sp³-hybridized carbons (Fsp3) is 0.440. The maximum atomic E-state index is 13.3. The van der Waals surface area contributed by atoms with Crippen molar-refractivity contribution in [3.63, 3.8) is 0 Å². The van der Waals surface area contributed by atoms with Gasteiger partial charge < -0.3 is 25.0 Å². The topological polar surface area (TPSA) is 112 Å². The molecule has 0 bridgehead atoms. The molecule has 3 aliphatic rings. The molecule has 10 nitrogen and oxygen atoms in total. The van der Waals surface area contributed by atoms with Gasteiger partial charge >= 0.3 is 0 Å². The number of morpholine rings is 1. The molecule has 0 unspecified atom stereocenters. The highest BCUT2D eigenvalue weighted by atomic mass is 16.5. The molecule has 2 N–H and O–H groups in total. The molecule has 1 aromatic carbocycles. The zero-order chi connectivity index (χ0) is 23.9. The standard InChI is InChI=1S/C25H28N6O4/c32-22-4-1-3-16(22)14-30-15-17-11-20(21(12-18(17)25(30)34)29-7-9-35-10-8-29)28-24(33)19-13-27-31-6-2-5-26-23(19)31/h2,5-6,11-13,16,22,32H,1,3-4,7-10,14-15H2,(H,28,33)/t16-,22+/m0/s1. The number of carbonyl (C=O) groups excluding carboxylic acids is 2. The number of carbonyl (C=O) groups is 2. The third-order valence-corrected chi connectivity index (χ3v) is 7.30. The average molecular weight is 477 g/mol. The van der Waals surface area contributed by atoms with E-state index in [1.54, 1.807) is 23.0 Å². The molecule has 2 atom stereocenters. The lowest BCUT2D eigenvalue weighted by Crippen LogP contribution is -2.37. The predicted octanol–water partition coefficient (Wildman–Crippen LogP) is 1.93. The number of amides is 2. The second kappa shape index (κ2) is 8.94. The van der Waals surface area contributed by atoms with Crippen molar-refractivity contribution in [1.29, 1.82) is 0 Å². The van der Waals surface area contributed by atoms with Crippen LogP contribution in [-0.2, 0) is 11.3 Å². The number of hydrogen-bond acceptors (Lipinski definition) is 7. The Morgan fingerprint density at radius 2 is 2.09 bits per heavy atom. The van der Waals surface area contributed by atoms with Gasteiger partial charge in [-0.25, -0.2) is 9.50 Å². The Morgan fingerprint density at radius 3 is 2.89 bits per heavy atom. The molecule has 3 aromatic rings. The van der Waals surface area contributed by atoms with Crippen molar-refractivity contribution in [3.8, 4) is 0 Å². The lowest BCUT2D eigenvalue weighted by molar-refractivity contribution is 0.0661. The van der Waals surface area contributed by atoms with Gasteiger partial charge in [-0.15, -0.1) is 0 Å². The first-order valence-corrected chi connectivity index (χ1v) is 12.1. The molecule has 1 saturated carbocycles. The molecule has 2 aliphatic heterocycles. The number of rotatable bonds is 5. The van der Waals surface area contributed by atoms with Gasteiger partial charge in [0.2, 0.25) is 0 Å². The van der Waals surface area contributed by atoms with E-state index in [1.165, 1.54) is 6.20 Å². The second-order valence-corrected chi connectivity index (χ2v) is 9.47. The zero-order valence-corrected chi connectivity index (χ0v) is 19.4. The molecule has 2 aromatic heterocycles. The van der Waals surface area contributed by atoms with E-state index in [0.717, 1.165) is 30.5 Å². The SMILES string of the molecule is O=C(Nc1cc2c(cc1N1CCOCC1)C(=O)N(C[C@@H]1CCC[C@H]1O)C2)c1cnn2cccnc12. The number of benzene rings is 1. The van der Waals surface area contributed by atoms with Crippen molar-refractivity contribution in [2.75, 3.05) is 43.1 Å². The molecular formula is C25H28N6O4. The summed E-state index contributed by atoms with van der Waals surface area (Å²) in [6.45, 7) is 3.54. The first kappa shape index (κ1) is 22.0. The van der Waals surface area contributed by atoms with Crippen molar-refractivity contribution in [1.82, 2.24) is 19.5 Å². The highest BCUT2D eigenvalue weighted by Gasteiger charge is 2.35. The first-order chi connectivity index (χ1) is 17.1. The predicted molar refractivity (Wildman–Crippen MR) is 129 cm³/mol. The number of aliphatic hydroxyl groups excluding tert-OH is 1. The molecule has 0 radical (unpaired) electrons. The van der Waals surface area contributed by atoms with Crippen LogP contribution in [-0.4, -0.2) is 75.4 Å². The lowest BCUT2D eigenvalue weighted by atomic mass is 10.1. The normalized spacial score (nSPS) is 22.1. The minimum Gasteiger partial charge on any atom is -0.393 e. The van der Waals surface area contributed by atoms with Gasteiger partial charge in [0.05, 0.1) is 36.9 Å². The molecule has 1 aliphatic carbocycles. The van der Waals surface area contributed by atoms with Gasteiger partial charge in [0.1, 0.15) is 5.56 Å². The summed E-state index contributed by atoms with van der Waals surface area (Å²) in [7, 11) is 0. The summed E-state index contributed by atoms with van der Waals surface area (Å²) < 4.78 is 7.08. The minimum absolute atomic E-state index is 0.0154. The Kier molecular flexibility index (Phi) is 5.62. The van der Waals surface area contributed by atoms with E-state index in [2.05, 4.69) is 20.3 Å². The van der Waals surface area contributed by atoms with Gasteiger partial charge in [0.25, 0.3) is 11.8 Å². The van der Waals surface area contributed by atoms with Crippen molar-refractivity contribution in [2.24, 2.45) is 5.92 Å². The number of nitrogens with zero attached hydrogens (tertiary/aromatic N) is 5. The van der Waals surface area contributed by atoms with Crippen LogP contribution < -0.4 is 10.2 Å². The van der Waals surface area contributed by atoms with E-state index >= 15 is 0 Å². The van der Waals surface area contributed by atoms with E-state index in [1.807, 2.05) is 17.0 Å². The summed E-state index contributed by atoms with van der Waals surface area (Å²) in [6.07, 6.45) is 7.28. The van der Waals surface area contributed by atoms with Gasteiger partial charge in [-0.1, -0.05) is 6.42 Å². The quantitative estimate of drug-likeness (QED) is 0.579. The average Bonchev–Trinajstić information content (AvgIpc) is 3.57. The highest BCUT2D eigenvalue weighted by Crippen LogP contribution is 2.36. The molecule has 10 heteroatoms. The van der Waals surface area contributed by atoms with Crippen LogP contribution in [0.2, 0.25) is 0 Å². The molecular weight excluding hydrogens is 448 g/mol. The fourth-order valence-corrected chi connectivity index (χ4v) is 5.41. The largest absolute Gasteiger partial charge is 0.393 e. The monoisotopic (exact) mass is 476 g/mol. The van der Waals surface area contributed by atoms with Crippen molar-refractivity contribution in [2.45, 2.75) is 31.9 Å². The molecule has 2 amide bonds. The van der Waals surface area contributed by atoms with Crippen molar-refractivity contribution >= 4 is 28.8 Å². The summed E-state index contributed by atoms with van der Waals surface area (Å²) in [4.78, 5) is 34.8. The fourth-order valence-electron chi connectivity index (χ4n) is 5.41. The third-order valence-electron chi connectivity index (χ3n) is 7.30. The molecule has 35 heavy (non-hydrogen) atoms. The number of ether oxygens (including phenoxy) is 1. The van der Waals surface area contributed by atoms with E-state index < -0.39 is 0 Å². The van der Waals surface area contributed by atoms with Gasteiger partial charge in [0, 0.05) is 50.1 Å². The molecule has 1 saturated heterocycles. The Hall–Kier alpha value is -3.50. The van der Waals surface area contributed by atoms with E-state index in [0.29, 0.717) is 61.9 Å². The number of aromatic nitrogens is 3. The Bertz CT molecular complexity index is 1280. The number of hydrogen-bond donors (Lipinski definition) is 2.